The maximum absolute atomic E-state index is 12.3. The number of hydrogen-bond donors (Lipinski definition) is 1. The molecular formula is C16H13NO2. The molecule has 1 N–H and O–H groups in total. The summed E-state index contributed by atoms with van der Waals surface area (Å²) in [6.45, 7) is 0. The van der Waals surface area contributed by atoms with Crippen LogP contribution in [0.3, 0.4) is 0 Å². The standard InChI is InChI=1S/C16H13NO2/c17-11-10-12-6-4-5-9-14(12)16(19)15(18)13-7-2-1-3-8-13/h1-9,15,18H,10H2. The molecule has 94 valence electrons. The topological polar surface area (TPSA) is 61.1 Å². The van der Waals surface area contributed by atoms with Gasteiger partial charge in [-0.15, -0.1) is 0 Å². The van der Waals surface area contributed by atoms with E-state index in [1.807, 2.05) is 12.1 Å². The molecule has 2 aromatic carbocycles. The number of aliphatic hydroxyl groups is 1. The zero-order valence-electron chi connectivity index (χ0n) is 10.3. The van der Waals surface area contributed by atoms with Gasteiger partial charge >= 0.3 is 0 Å². The Morgan fingerprint density at radius 1 is 1.11 bits per heavy atom. The van der Waals surface area contributed by atoms with Crippen LogP contribution in [0, 0.1) is 11.3 Å². The molecule has 0 saturated carbocycles. The molecular weight excluding hydrogens is 238 g/mol. The molecule has 0 radical (unpaired) electrons. The summed E-state index contributed by atoms with van der Waals surface area (Å²) in [6.07, 6.45) is -1.04. The second-order valence-electron chi connectivity index (χ2n) is 4.17. The Bertz CT molecular complexity index is 614. The minimum Gasteiger partial charge on any atom is -0.380 e. The van der Waals surface area contributed by atoms with Crippen LogP contribution >= 0.6 is 0 Å². The van der Waals surface area contributed by atoms with Crippen LogP contribution in [-0.4, -0.2) is 10.9 Å². The molecule has 2 rings (SSSR count). The van der Waals surface area contributed by atoms with Crippen LogP contribution in [0.5, 0.6) is 0 Å². The van der Waals surface area contributed by atoms with Gasteiger partial charge in [-0.3, -0.25) is 4.79 Å². The number of carbonyl (C=O) groups is 1. The Labute approximate surface area is 111 Å². The van der Waals surface area contributed by atoms with Crippen LogP contribution in [0.2, 0.25) is 0 Å². The predicted octanol–water partition coefficient (Wildman–Crippen LogP) is 2.67. The fourth-order valence-electron chi connectivity index (χ4n) is 1.93. The van der Waals surface area contributed by atoms with E-state index in [0.29, 0.717) is 16.7 Å². The molecule has 0 heterocycles. The van der Waals surface area contributed by atoms with Crippen molar-refractivity contribution in [3.05, 3.63) is 71.3 Å². The molecule has 0 aliphatic heterocycles. The first-order valence-electron chi connectivity index (χ1n) is 5.96. The molecule has 0 aromatic heterocycles. The van der Waals surface area contributed by atoms with Gasteiger partial charge in [0.1, 0.15) is 6.10 Å². The molecule has 3 nitrogen and oxygen atoms in total. The fourth-order valence-corrected chi connectivity index (χ4v) is 1.93. The molecule has 1 unspecified atom stereocenters. The van der Waals surface area contributed by atoms with Gasteiger partial charge in [0.25, 0.3) is 0 Å². The second kappa shape index (κ2) is 5.94. The molecule has 0 fully saturated rings. The number of carbonyl (C=O) groups excluding carboxylic acids is 1. The smallest absolute Gasteiger partial charge is 0.196 e. The summed E-state index contributed by atoms with van der Waals surface area (Å²) < 4.78 is 0. The van der Waals surface area contributed by atoms with Crippen molar-refractivity contribution in [3.63, 3.8) is 0 Å². The normalized spacial score (nSPS) is 11.6. The van der Waals surface area contributed by atoms with E-state index < -0.39 is 6.10 Å². The summed E-state index contributed by atoms with van der Waals surface area (Å²) in [7, 11) is 0. The average molecular weight is 251 g/mol. The Kier molecular flexibility index (Phi) is 4.07. The molecule has 0 spiro atoms. The van der Waals surface area contributed by atoms with Gasteiger partial charge in [-0.25, -0.2) is 0 Å². The largest absolute Gasteiger partial charge is 0.380 e. The number of nitriles is 1. The number of ketones is 1. The van der Waals surface area contributed by atoms with Crippen LogP contribution in [-0.2, 0) is 6.42 Å². The summed E-state index contributed by atoms with van der Waals surface area (Å²) >= 11 is 0. The monoisotopic (exact) mass is 251 g/mol. The summed E-state index contributed by atoms with van der Waals surface area (Å²) in [5, 5.41) is 18.9. The number of aliphatic hydroxyl groups excluding tert-OH is 1. The maximum atomic E-state index is 12.3. The number of rotatable bonds is 4. The van der Waals surface area contributed by atoms with Gasteiger partial charge in [0.05, 0.1) is 12.5 Å². The first-order valence-corrected chi connectivity index (χ1v) is 5.96. The van der Waals surface area contributed by atoms with Crippen molar-refractivity contribution >= 4 is 5.78 Å². The van der Waals surface area contributed by atoms with Gasteiger partial charge < -0.3 is 5.11 Å². The second-order valence-corrected chi connectivity index (χ2v) is 4.17. The van der Waals surface area contributed by atoms with Crippen molar-refractivity contribution in [1.82, 2.24) is 0 Å². The lowest BCUT2D eigenvalue weighted by Gasteiger charge is -2.12. The average Bonchev–Trinajstić information content (AvgIpc) is 2.47. The molecule has 19 heavy (non-hydrogen) atoms. The SMILES string of the molecule is N#CCc1ccccc1C(=O)C(O)c1ccccc1. The van der Waals surface area contributed by atoms with E-state index in [2.05, 4.69) is 0 Å². The summed E-state index contributed by atoms with van der Waals surface area (Å²) in [5.41, 5.74) is 1.60. The lowest BCUT2D eigenvalue weighted by atomic mass is 9.95. The highest BCUT2D eigenvalue weighted by Gasteiger charge is 2.21. The highest BCUT2D eigenvalue weighted by Crippen LogP contribution is 2.20. The lowest BCUT2D eigenvalue weighted by molar-refractivity contribution is 0.0746. The van der Waals surface area contributed by atoms with E-state index in [1.54, 1.807) is 48.5 Å². The third-order valence-corrected chi connectivity index (χ3v) is 2.92. The third kappa shape index (κ3) is 2.87. The minimum absolute atomic E-state index is 0.156. The van der Waals surface area contributed by atoms with Gasteiger partial charge in [-0.05, 0) is 11.1 Å². The maximum Gasteiger partial charge on any atom is 0.196 e. The lowest BCUT2D eigenvalue weighted by Crippen LogP contribution is -2.14. The quantitative estimate of drug-likeness (QED) is 0.850. The number of hydrogen-bond acceptors (Lipinski definition) is 3. The number of Topliss-reactive ketones (excluding diaryl/α,β-unsaturated/α-hetero) is 1. The van der Waals surface area contributed by atoms with Gasteiger partial charge in [-0.2, -0.15) is 5.26 Å². The van der Waals surface area contributed by atoms with E-state index in [9.17, 15) is 9.90 Å². The zero-order chi connectivity index (χ0) is 13.7. The molecule has 1 atom stereocenters. The van der Waals surface area contributed by atoms with Crippen molar-refractivity contribution in [2.45, 2.75) is 12.5 Å². The summed E-state index contributed by atoms with van der Waals surface area (Å²) in [6, 6.07) is 17.7. The third-order valence-electron chi connectivity index (χ3n) is 2.92. The van der Waals surface area contributed by atoms with Crippen LogP contribution < -0.4 is 0 Å². The van der Waals surface area contributed by atoms with Crippen molar-refractivity contribution in [3.8, 4) is 6.07 Å². The zero-order valence-corrected chi connectivity index (χ0v) is 10.3. The van der Waals surface area contributed by atoms with Crippen molar-refractivity contribution < 1.29 is 9.90 Å². The predicted molar refractivity (Wildman–Crippen MR) is 71.5 cm³/mol. The Morgan fingerprint density at radius 2 is 1.74 bits per heavy atom. The molecule has 0 bridgehead atoms. The van der Waals surface area contributed by atoms with Gasteiger partial charge in [0, 0.05) is 5.56 Å². The van der Waals surface area contributed by atoms with Gasteiger partial charge in [0.2, 0.25) is 0 Å². The first kappa shape index (κ1) is 13.0. The van der Waals surface area contributed by atoms with Gasteiger partial charge in [0.15, 0.2) is 5.78 Å². The molecule has 3 heteroatoms. The van der Waals surface area contributed by atoms with Crippen LogP contribution in [0.25, 0.3) is 0 Å². The molecule has 0 aliphatic carbocycles. The van der Waals surface area contributed by atoms with Crippen molar-refractivity contribution in [2.24, 2.45) is 0 Å². The highest BCUT2D eigenvalue weighted by atomic mass is 16.3. The highest BCUT2D eigenvalue weighted by molar-refractivity contribution is 6.01. The summed E-state index contributed by atoms with van der Waals surface area (Å²) in [5.74, 6) is -0.378. The molecule has 0 amide bonds. The number of nitrogens with zero attached hydrogens (tertiary/aromatic N) is 1. The van der Waals surface area contributed by atoms with E-state index >= 15 is 0 Å². The Balaban J connectivity index is 2.32. The Morgan fingerprint density at radius 3 is 2.42 bits per heavy atom. The fraction of sp³-hybridized carbons (Fsp3) is 0.125. The van der Waals surface area contributed by atoms with E-state index in [1.165, 1.54) is 0 Å². The van der Waals surface area contributed by atoms with Crippen molar-refractivity contribution in [2.75, 3.05) is 0 Å². The first-order chi connectivity index (χ1) is 9.24. The molecule has 0 saturated heterocycles. The number of benzene rings is 2. The molecule has 2 aromatic rings. The van der Waals surface area contributed by atoms with E-state index in [0.717, 1.165) is 0 Å². The van der Waals surface area contributed by atoms with E-state index in [4.69, 9.17) is 5.26 Å². The van der Waals surface area contributed by atoms with Crippen LogP contribution in [0.1, 0.15) is 27.6 Å². The molecule has 0 aliphatic rings. The van der Waals surface area contributed by atoms with E-state index in [-0.39, 0.29) is 12.2 Å². The van der Waals surface area contributed by atoms with Crippen LogP contribution in [0.4, 0.5) is 0 Å². The summed E-state index contributed by atoms with van der Waals surface area (Å²) in [4.78, 5) is 12.3. The minimum atomic E-state index is -1.19. The van der Waals surface area contributed by atoms with Gasteiger partial charge in [-0.1, -0.05) is 54.6 Å². The Hall–Kier alpha value is -2.44. The van der Waals surface area contributed by atoms with Crippen LogP contribution in [0.15, 0.2) is 54.6 Å². The van der Waals surface area contributed by atoms with Crippen molar-refractivity contribution in [1.29, 1.82) is 5.26 Å².